The molecule has 0 aliphatic heterocycles. The van der Waals surface area contributed by atoms with Gasteiger partial charge in [-0.15, -0.1) is 0 Å². The molecule has 1 rings (SSSR count). The predicted molar refractivity (Wildman–Crippen MR) is 91.6 cm³/mol. The van der Waals surface area contributed by atoms with Crippen molar-refractivity contribution in [1.82, 2.24) is 15.1 Å². The molecule has 1 atom stereocenters. The highest BCUT2D eigenvalue weighted by Crippen LogP contribution is 2.19. The van der Waals surface area contributed by atoms with Gasteiger partial charge in [-0.3, -0.25) is 4.68 Å². The molecule has 21 heavy (non-hydrogen) atoms. The smallest absolute Gasteiger partial charge is 0.0628 e. The monoisotopic (exact) mass is 293 g/mol. The first-order valence-corrected chi connectivity index (χ1v) is 8.55. The van der Waals surface area contributed by atoms with Crippen LogP contribution >= 0.6 is 0 Å². The van der Waals surface area contributed by atoms with Gasteiger partial charge in [-0.25, -0.2) is 0 Å². The zero-order chi connectivity index (χ0) is 16.0. The molecule has 0 spiro atoms. The molecule has 0 saturated carbocycles. The van der Waals surface area contributed by atoms with Gasteiger partial charge in [0, 0.05) is 11.7 Å². The number of nitrogens with zero attached hydrogens (tertiary/aromatic N) is 2. The summed E-state index contributed by atoms with van der Waals surface area (Å²) < 4.78 is 2.16. The fraction of sp³-hybridized carbons (Fsp3) is 0.833. The van der Waals surface area contributed by atoms with Gasteiger partial charge in [0.25, 0.3) is 0 Å². The number of aromatic nitrogens is 2. The summed E-state index contributed by atoms with van der Waals surface area (Å²) in [6.45, 7) is 16.8. The Hall–Kier alpha value is -0.830. The molecule has 1 unspecified atom stereocenters. The summed E-state index contributed by atoms with van der Waals surface area (Å²) in [5, 5.41) is 8.45. The van der Waals surface area contributed by atoms with Crippen molar-refractivity contribution in [2.24, 2.45) is 11.8 Å². The van der Waals surface area contributed by atoms with Crippen LogP contribution in [0.4, 0.5) is 0 Å². The Labute approximate surface area is 131 Å². The Morgan fingerprint density at radius 3 is 2.29 bits per heavy atom. The van der Waals surface area contributed by atoms with Gasteiger partial charge in [0.15, 0.2) is 0 Å². The summed E-state index contributed by atoms with van der Waals surface area (Å²) in [6, 6.07) is 2.74. The Balaban J connectivity index is 2.67. The lowest BCUT2D eigenvalue weighted by Crippen LogP contribution is -2.40. The van der Waals surface area contributed by atoms with Gasteiger partial charge in [-0.05, 0) is 64.5 Å². The van der Waals surface area contributed by atoms with Crippen molar-refractivity contribution < 1.29 is 0 Å². The second-order valence-corrected chi connectivity index (χ2v) is 7.60. The lowest BCUT2D eigenvalue weighted by Gasteiger charge is -2.27. The van der Waals surface area contributed by atoms with Crippen molar-refractivity contribution in [3.63, 3.8) is 0 Å². The number of rotatable bonds is 8. The van der Waals surface area contributed by atoms with Gasteiger partial charge >= 0.3 is 0 Å². The van der Waals surface area contributed by atoms with Crippen LogP contribution in [0.25, 0.3) is 0 Å². The first-order chi connectivity index (χ1) is 9.76. The van der Waals surface area contributed by atoms with Gasteiger partial charge in [-0.1, -0.05) is 27.7 Å². The molecule has 3 heteroatoms. The quantitative estimate of drug-likeness (QED) is 0.767. The third kappa shape index (κ3) is 6.21. The summed E-state index contributed by atoms with van der Waals surface area (Å²) in [5.74, 6) is 1.30. The Morgan fingerprint density at radius 1 is 1.19 bits per heavy atom. The minimum Gasteiger partial charge on any atom is -0.312 e. The van der Waals surface area contributed by atoms with Crippen LogP contribution in [0, 0.1) is 11.8 Å². The largest absolute Gasteiger partial charge is 0.312 e. The van der Waals surface area contributed by atoms with Gasteiger partial charge < -0.3 is 5.32 Å². The number of hydrogen-bond donors (Lipinski definition) is 1. The molecule has 0 aliphatic rings. The summed E-state index contributed by atoms with van der Waals surface area (Å²) >= 11 is 0. The molecule has 0 amide bonds. The maximum absolute atomic E-state index is 4.81. The van der Waals surface area contributed by atoms with Crippen LogP contribution in [-0.2, 0) is 6.42 Å². The molecule has 1 aromatic rings. The molecule has 122 valence electrons. The second kappa shape index (κ2) is 7.98. The standard InChI is InChI=1S/C18H35N3/c1-8-17(9-2)21-11-10-16(20-21)12-15(14(3)4)13-19-18(5,6)7/h10-11,14-15,17,19H,8-9,12-13H2,1-7H3. The van der Waals surface area contributed by atoms with Crippen LogP contribution in [0.3, 0.4) is 0 Å². The van der Waals surface area contributed by atoms with Crippen molar-refractivity contribution in [1.29, 1.82) is 0 Å². The van der Waals surface area contributed by atoms with E-state index in [1.54, 1.807) is 0 Å². The van der Waals surface area contributed by atoms with Crippen LogP contribution in [0.15, 0.2) is 12.3 Å². The average molecular weight is 293 g/mol. The van der Waals surface area contributed by atoms with Gasteiger partial charge in [-0.2, -0.15) is 5.10 Å². The van der Waals surface area contributed by atoms with Crippen molar-refractivity contribution in [3.8, 4) is 0 Å². The Morgan fingerprint density at radius 2 is 1.81 bits per heavy atom. The molecule has 0 aromatic carbocycles. The lowest BCUT2D eigenvalue weighted by molar-refractivity contribution is 0.309. The first kappa shape index (κ1) is 18.2. The van der Waals surface area contributed by atoms with E-state index < -0.39 is 0 Å². The molecule has 3 nitrogen and oxygen atoms in total. The van der Waals surface area contributed by atoms with Crippen molar-refractivity contribution in [2.75, 3.05) is 6.54 Å². The lowest BCUT2D eigenvalue weighted by atomic mass is 9.90. The normalized spacial score (nSPS) is 14.1. The zero-order valence-corrected chi connectivity index (χ0v) is 15.1. The SMILES string of the molecule is CCC(CC)n1ccc(CC(CNC(C)(C)C)C(C)C)n1. The molecular weight excluding hydrogens is 258 g/mol. The minimum atomic E-state index is 0.183. The fourth-order valence-corrected chi connectivity index (χ4v) is 2.60. The van der Waals surface area contributed by atoms with Crippen molar-refractivity contribution in [2.45, 2.75) is 79.3 Å². The third-order valence-electron chi connectivity index (χ3n) is 4.29. The summed E-state index contributed by atoms with van der Waals surface area (Å²) in [4.78, 5) is 0. The second-order valence-electron chi connectivity index (χ2n) is 7.60. The van der Waals surface area contributed by atoms with E-state index in [0.29, 0.717) is 17.9 Å². The van der Waals surface area contributed by atoms with E-state index in [2.05, 4.69) is 70.7 Å². The van der Waals surface area contributed by atoms with E-state index in [-0.39, 0.29) is 5.54 Å². The molecule has 1 N–H and O–H groups in total. The molecule has 0 saturated heterocycles. The van der Waals surface area contributed by atoms with E-state index in [9.17, 15) is 0 Å². The molecule has 0 aliphatic carbocycles. The van der Waals surface area contributed by atoms with Gasteiger partial charge in [0.1, 0.15) is 0 Å². The Bertz CT molecular complexity index is 397. The highest BCUT2D eigenvalue weighted by molar-refractivity contribution is 5.02. The van der Waals surface area contributed by atoms with E-state index in [1.807, 2.05) is 0 Å². The van der Waals surface area contributed by atoms with Crippen LogP contribution in [0.1, 0.15) is 73.0 Å². The predicted octanol–water partition coefficient (Wildman–Crippen LogP) is 4.45. The third-order valence-corrected chi connectivity index (χ3v) is 4.29. The van der Waals surface area contributed by atoms with E-state index >= 15 is 0 Å². The molecule has 0 fully saturated rings. The van der Waals surface area contributed by atoms with Crippen LogP contribution < -0.4 is 5.32 Å². The van der Waals surface area contributed by atoms with E-state index in [4.69, 9.17) is 5.10 Å². The first-order valence-electron chi connectivity index (χ1n) is 8.55. The van der Waals surface area contributed by atoms with Crippen molar-refractivity contribution >= 4 is 0 Å². The summed E-state index contributed by atoms with van der Waals surface area (Å²) in [5.41, 5.74) is 1.42. The van der Waals surface area contributed by atoms with Gasteiger partial charge in [0.05, 0.1) is 11.7 Å². The molecule has 0 bridgehead atoms. The van der Waals surface area contributed by atoms with Crippen molar-refractivity contribution in [3.05, 3.63) is 18.0 Å². The minimum absolute atomic E-state index is 0.183. The van der Waals surface area contributed by atoms with Gasteiger partial charge in [0.2, 0.25) is 0 Å². The molecule has 1 heterocycles. The van der Waals surface area contributed by atoms with Crippen LogP contribution in [0.5, 0.6) is 0 Å². The maximum atomic E-state index is 4.81. The fourth-order valence-electron chi connectivity index (χ4n) is 2.60. The zero-order valence-electron chi connectivity index (χ0n) is 15.1. The summed E-state index contributed by atoms with van der Waals surface area (Å²) in [6.07, 6.45) is 5.52. The average Bonchev–Trinajstić information content (AvgIpc) is 2.83. The maximum Gasteiger partial charge on any atom is 0.0628 e. The number of hydrogen-bond acceptors (Lipinski definition) is 2. The molecular formula is C18H35N3. The Kier molecular flexibility index (Phi) is 6.92. The summed E-state index contributed by atoms with van der Waals surface area (Å²) in [7, 11) is 0. The highest BCUT2D eigenvalue weighted by atomic mass is 15.3. The molecule has 1 aromatic heterocycles. The highest BCUT2D eigenvalue weighted by Gasteiger charge is 2.19. The molecule has 0 radical (unpaired) electrons. The van der Waals surface area contributed by atoms with Crippen LogP contribution in [0.2, 0.25) is 0 Å². The topological polar surface area (TPSA) is 29.9 Å². The van der Waals surface area contributed by atoms with Crippen LogP contribution in [-0.4, -0.2) is 21.9 Å². The van der Waals surface area contributed by atoms with E-state index in [0.717, 1.165) is 25.8 Å². The van der Waals surface area contributed by atoms with E-state index in [1.165, 1.54) is 5.69 Å². The number of nitrogens with one attached hydrogen (secondary N) is 1.